The first-order chi connectivity index (χ1) is 10.2. The lowest BCUT2D eigenvalue weighted by Crippen LogP contribution is -2.17. The molecule has 3 aromatic rings. The van der Waals surface area contributed by atoms with Crippen molar-refractivity contribution in [2.45, 2.75) is 0 Å². The molecule has 0 saturated carbocycles. The molecule has 104 valence electrons. The molecule has 0 radical (unpaired) electrons. The van der Waals surface area contributed by atoms with E-state index in [-0.39, 0.29) is 0 Å². The summed E-state index contributed by atoms with van der Waals surface area (Å²) < 4.78 is 2.67. The first-order valence-corrected chi connectivity index (χ1v) is 7.19. The van der Waals surface area contributed by atoms with E-state index in [4.69, 9.17) is 4.99 Å². The van der Waals surface area contributed by atoms with Gasteiger partial charge in [0.25, 0.3) is 0 Å². The van der Waals surface area contributed by atoms with Crippen LogP contribution in [0.4, 0.5) is 11.4 Å². The second-order valence-corrected chi connectivity index (χ2v) is 5.58. The number of H-pyrrole nitrogens is 1. The Morgan fingerprint density at radius 1 is 1.19 bits per heavy atom. The predicted octanol–water partition coefficient (Wildman–Crippen LogP) is 3.08. The molecule has 2 aromatic heterocycles. The summed E-state index contributed by atoms with van der Waals surface area (Å²) in [6.45, 7) is 0. The Kier molecular flexibility index (Phi) is 2.68. The van der Waals surface area contributed by atoms with Gasteiger partial charge in [0, 0.05) is 12.6 Å². The minimum atomic E-state index is 0.731. The minimum Gasteiger partial charge on any atom is -0.335 e. The number of hydrogen-bond donors (Lipinski definition) is 2. The average molecular weight is 343 g/mol. The van der Waals surface area contributed by atoms with Gasteiger partial charge in [-0.1, -0.05) is 18.2 Å². The highest BCUT2D eigenvalue weighted by molar-refractivity contribution is 9.10. The van der Waals surface area contributed by atoms with Crippen molar-refractivity contribution in [2.75, 3.05) is 5.32 Å². The quantitative estimate of drug-likeness (QED) is 0.713. The number of hydrogen-bond acceptors (Lipinski definition) is 4. The zero-order chi connectivity index (χ0) is 14.4. The number of amidine groups is 1. The molecule has 21 heavy (non-hydrogen) atoms. The van der Waals surface area contributed by atoms with Crippen LogP contribution >= 0.6 is 15.9 Å². The molecule has 1 aliphatic rings. The van der Waals surface area contributed by atoms with Crippen LogP contribution in [0.3, 0.4) is 0 Å². The van der Waals surface area contributed by atoms with Crippen LogP contribution in [0.25, 0.3) is 11.3 Å². The Balaban J connectivity index is 1.98. The number of aryl methyl sites for hydroxylation is 1. The molecular weight excluding hydrogens is 332 g/mol. The minimum absolute atomic E-state index is 0.731. The highest BCUT2D eigenvalue weighted by Gasteiger charge is 2.21. The van der Waals surface area contributed by atoms with Crippen molar-refractivity contribution in [3.63, 3.8) is 0 Å². The third kappa shape index (κ3) is 1.89. The number of benzene rings is 1. The normalized spacial score (nSPS) is 13.0. The van der Waals surface area contributed by atoms with Gasteiger partial charge in [0.05, 0.1) is 33.9 Å². The molecule has 6 nitrogen and oxygen atoms in total. The van der Waals surface area contributed by atoms with E-state index in [1.807, 2.05) is 31.3 Å². The van der Waals surface area contributed by atoms with Crippen LogP contribution in [0.5, 0.6) is 0 Å². The number of fused-ring (bicyclic) bond motifs is 3. The van der Waals surface area contributed by atoms with Crippen molar-refractivity contribution >= 4 is 33.1 Å². The number of aliphatic imine (C=N–C) groups is 1. The van der Waals surface area contributed by atoms with Gasteiger partial charge in [-0.25, -0.2) is 4.99 Å². The van der Waals surface area contributed by atoms with Gasteiger partial charge in [0.15, 0.2) is 5.84 Å². The van der Waals surface area contributed by atoms with E-state index in [1.165, 1.54) is 0 Å². The highest BCUT2D eigenvalue weighted by Crippen LogP contribution is 2.36. The third-order valence-corrected chi connectivity index (χ3v) is 4.00. The lowest BCUT2D eigenvalue weighted by molar-refractivity contribution is 0.759. The molecule has 7 heteroatoms. The molecule has 1 aromatic carbocycles. The topological polar surface area (TPSA) is 70.9 Å². The molecule has 0 aliphatic carbocycles. The van der Waals surface area contributed by atoms with Crippen LogP contribution in [-0.2, 0) is 7.05 Å². The second-order valence-electron chi connectivity index (χ2n) is 4.73. The Labute approximate surface area is 129 Å². The van der Waals surface area contributed by atoms with Crippen molar-refractivity contribution in [3.05, 3.63) is 46.8 Å². The molecule has 0 spiro atoms. The summed E-state index contributed by atoms with van der Waals surface area (Å²) in [6.07, 6.45) is 3.52. The Bertz CT molecular complexity index is 840. The summed E-state index contributed by atoms with van der Waals surface area (Å²) in [7, 11) is 1.89. The monoisotopic (exact) mass is 342 g/mol. The molecule has 0 amide bonds. The van der Waals surface area contributed by atoms with Gasteiger partial charge in [-0.2, -0.15) is 10.2 Å². The van der Waals surface area contributed by atoms with Gasteiger partial charge in [-0.05, 0) is 22.0 Å². The van der Waals surface area contributed by atoms with Gasteiger partial charge < -0.3 is 5.32 Å². The lowest BCUT2D eigenvalue weighted by atomic mass is 10.1. The number of anilines is 1. The van der Waals surface area contributed by atoms with Crippen molar-refractivity contribution < 1.29 is 0 Å². The molecule has 2 N–H and O–H groups in total. The van der Waals surface area contributed by atoms with Gasteiger partial charge in [-0.15, -0.1) is 0 Å². The number of rotatable bonds is 1. The number of nitrogens with one attached hydrogen (secondary N) is 2. The standard InChI is InChI=1S/C14H11BrN6/c1-21-13(9(15)6-17-21)14-18-10-5-3-2-4-8(10)12-11(19-14)7-16-20-12/h2-7H,1H3,(H,16,20)(H,18,19). The zero-order valence-electron chi connectivity index (χ0n) is 11.1. The molecule has 4 rings (SSSR count). The van der Waals surface area contributed by atoms with Crippen LogP contribution < -0.4 is 5.32 Å². The van der Waals surface area contributed by atoms with Gasteiger partial charge in [0.1, 0.15) is 5.69 Å². The first-order valence-electron chi connectivity index (χ1n) is 6.40. The second kappa shape index (κ2) is 4.56. The van der Waals surface area contributed by atoms with Crippen molar-refractivity contribution in [2.24, 2.45) is 12.0 Å². The van der Waals surface area contributed by atoms with Crippen LogP contribution in [0, 0.1) is 0 Å². The lowest BCUT2D eigenvalue weighted by Gasteiger charge is -2.08. The summed E-state index contributed by atoms with van der Waals surface area (Å²) in [5.41, 5.74) is 4.62. The molecule has 1 aliphatic heterocycles. The van der Waals surface area contributed by atoms with E-state index in [2.05, 4.69) is 36.5 Å². The van der Waals surface area contributed by atoms with Crippen LogP contribution in [-0.4, -0.2) is 25.8 Å². The Morgan fingerprint density at radius 3 is 2.86 bits per heavy atom. The maximum absolute atomic E-state index is 4.76. The largest absolute Gasteiger partial charge is 0.335 e. The number of halogens is 1. The maximum atomic E-state index is 4.76. The summed E-state index contributed by atoms with van der Waals surface area (Å²) in [5, 5.41) is 14.7. The number of aromatic nitrogens is 4. The molecule has 0 saturated heterocycles. The Morgan fingerprint density at radius 2 is 2.05 bits per heavy atom. The van der Waals surface area contributed by atoms with Crippen LogP contribution in [0.1, 0.15) is 5.69 Å². The van der Waals surface area contributed by atoms with Crippen LogP contribution in [0.15, 0.2) is 46.1 Å². The van der Waals surface area contributed by atoms with Crippen molar-refractivity contribution in [3.8, 4) is 11.3 Å². The van der Waals surface area contributed by atoms with Crippen LogP contribution in [0.2, 0.25) is 0 Å². The van der Waals surface area contributed by atoms with Crippen molar-refractivity contribution in [1.29, 1.82) is 0 Å². The molecule has 0 unspecified atom stereocenters. The van der Waals surface area contributed by atoms with E-state index in [1.54, 1.807) is 17.1 Å². The molecule has 0 bridgehead atoms. The van der Waals surface area contributed by atoms with E-state index in [9.17, 15) is 0 Å². The maximum Gasteiger partial charge on any atom is 0.157 e. The fourth-order valence-electron chi connectivity index (χ4n) is 2.43. The molecule has 0 fully saturated rings. The van der Waals surface area contributed by atoms with Crippen molar-refractivity contribution in [1.82, 2.24) is 20.0 Å². The molecular formula is C14H11BrN6. The zero-order valence-corrected chi connectivity index (χ0v) is 12.7. The number of nitrogens with zero attached hydrogens (tertiary/aromatic N) is 4. The van der Waals surface area contributed by atoms with E-state index < -0.39 is 0 Å². The fraction of sp³-hybridized carbons (Fsp3) is 0.0714. The Hall–Kier alpha value is -2.41. The third-order valence-electron chi connectivity index (χ3n) is 3.42. The summed E-state index contributed by atoms with van der Waals surface area (Å²) in [6, 6.07) is 7.97. The van der Waals surface area contributed by atoms with Gasteiger partial charge in [-0.3, -0.25) is 9.78 Å². The van der Waals surface area contributed by atoms with Gasteiger partial charge >= 0.3 is 0 Å². The molecule has 3 heterocycles. The van der Waals surface area contributed by atoms with E-state index >= 15 is 0 Å². The first kappa shape index (κ1) is 12.3. The SMILES string of the molecule is Cn1ncc(Br)c1C1=Nc2ccccc2-c2[nH]ncc2N1. The van der Waals surface area contributed by atoms with E-state index in [0.717, 1.165) is 38.6 Å². The molecule has 0 atom stereocenters. The summed E-state index contributed by atoms with van der Waals surface area (Å²) in [4.78, 5) is 4.76. The fourth-order valence-corrected chi connectivity index (χ4v) is 2.97. The van der Waals surface area contributed by atoms with Gasteiger partial charge in [0.2, 0.25) is 0 Å². The predicted molar refractivity (Wildman–Crippen MR) is 84.8 cm³/mol. The number of para-hydroxylation sites is 1. The number of aromatic amines is 1. The summed E-state index contributed by atoms with van der Waals surface area (Å²) >= 11 is 3.52. The average Bonchev–Trinajstić information content (AvgIpc) is 3.02. The van der Waals surface area contributed by atoms with E-state index in [0.29, 0.717) is 0 Å². The summed E-state index contributed by atoms with van der Waals surface area (Å²) in [5.74, 6) is 0.731. The highest BCUT2D eigenvalue weighted by atomic mass is 79.9. The smallest absolute Gasteiger partial charge is 0.157 e.